The predicted octanol–water partition coefficient (Wildman–Crippen LogP) is 3.68. The third kappa shape index (κ3) is 2.59. The van der Waals surface area contributed by atoms with Gasteiger partial charge >= 0.3 is 6.18 Å². The molecule has 0 atom stereocenters. The molecule has 2 aliphatic rings. The van der Waals surface area contributed by atoms with Gasteiger partial charge in [0.25, 0.3) is 0 Å². The molecule has 0 amide bonds. The summed E-state index contributed by atoms with van der Waals surface area (Å²) in [5.74, 6) is 1.28. The molecule has 0 saturated carbocycles. The summed E-state index contributed by atoms with van der Waals surface area (Å²) < 4.78 is 41.6. The number of nitrogens with zero attached hydrogens (tertiary/aromatic N) is 5. The van der Waals surface area contributed by atoms with Gasteiger partial charge in [-0.1, -0.05) is 12.1 Å². The minimum Gasteiger partial charge on any atom is -0.258 e. The SMILES string of the molecule is Cc1cc(N2CC=C3N=CC=CN32)n(-c2ccccc2C(F)(F)F)n1. The zero-order valence-electron chi connectivity index (χ0n) is 13.3. The fourth-order valence-electron chi connectivity index (χ4n) is 2.93. The van der Waals surface area contributed by atoms with Gasteiger partial charge in [-0.25, -0.2) is 14.7 Å². The molecule has 25 heavy (non-hydrogen) atoms. The van der Waals surface area contributed by atoms with E-state index in [2.05, 4.69) is 10.1 Å². The van der Waals surface area contributed by atoms with Crippen LogP contribution in [-0.2, 0) is 6.18 Å². The largest absolute Gasteiger partial charge is 0.418 e. The molecule has 2 aliphatic heterocycles. The number of anilines is 1. The van der Waals surface area contributed by atoms with Crippen LogP contribution in [0.15, 0.2) is 59.5 Å². The van der Waals surface area contributed by atoms with Crippen LogP contribution in [0.1, 0.15) is 11.3 Å². The maximum Gasteiger partial charge on any atom is 0.418 e. The van der Waals surface area contributed by atoms with Crippen molar-refractivity contribution < 1.29 is 13.2 Å². The Morgan fingerprint density at radius 2 is 1.96 bits per heavy atom. The first-order valence-corrected chi connectivity index (χ1v) is 7.66. The lowest BCUT2D eigenvalue weighted by atomic mass is 10.1. The van der Waals surface area contributed by atoms with Crippen molar-refractivity contribution in [2.75, 3.05) is 11.6 Å². The van der Waals surface area contributed by atoms with Crippen molar-refractivity contribution in [1.82, 2.24) is 14.8 Å². The number of allylic oxidation sites excluding steroid dienone is 1. The summed E-state index contributed by atoms with van der Waals surface area (Å²) >= 11 is 0. The quantitative estimate of drug-likeness (QED) is 0.833. The van der Waals surface area contributed by atoms with Gasteiger partial charge in [0.1, 0.15) is 5.82 Å². The summed E-state index contributed by atoms with van der Waals surface area (Å²) in [6.45, 7) is 2.25. The molecule has 4 rings (SSSR count). The summed E-state index contributed by atoms with van der Waals surface area (Å²) in [5, 5.41) is 7.92. The minimum absolute atomic E-state index is 0.00367. The minimum atomic E-state index is -4.46. The van der Waals surface area contributed by atoms with Crippen LogP contribution in [0, 0.1) is 6.92 Å². The molecule has 2 aromatic rings. The van der Waals surface area contributed by atoms with E-state index >= 15 is 0 Å². The van der Waals surface area contributed by atoms with Crippen molar-refractivity contribution in [2.24, 2.45) is 4.99 Å². The lowest BCUT2D eigenvalue weighted by Gasteiger charge is -2.30. The molecule has 0 bridgehead atoms. The van der Waals surface area contributed by atoms with Gasteiger partial charge in [-0.3, -0.25) is 5.01 Å². The molecule has 0 aliphatic carbocycles. The van der Waals surface area contributed by atoms with Crippen LogP contribution in [0.5, 0.6) is 0 Å². The van der Waals surface area contributed by atoms with Gasteiger partial charge in [-0.2, -0.15) is 18.3 Å². The van der Waals surface area contributed by atoms with Crippen molar-refractivity contribution in [3.63, 3.8) is 0 Å². The zero-order chi connectivity index (χ0) is 17.6. The van der Waals surface area contributed by atoms with E-state index in [4.69, 9.17) is 0 Å². The second-order valence-corrected chi connectivity index (χ2v) is 5.68. The van der Waals surface area contributed by atoms with Crippen LogP contribution in [0.4, 0.5) is 19.0 Å². The van der Waals surface area contributed by atoms with Crippen molar-refractivity contribution >= 4 is 12.0 Å². The summed E-state index contributed by atoms with van der Waals surface area (Å²) in [5.41, 5.74) is -0.0973. The average molecular weight is 345 g/mol. The summed E-state index contributed by atoms with van der Waals surface area (Å²) in [4.78, 5) is 4.26. The molecule has 0 radical (unpaired) electrons. The Hall–Kier alpha value is -3.03. The molecule has 0 fully saturated rings. The van der Waals surface area contributed by atoms with Gasteiger partial charge in [0.15, 0.2) is 5.82 Å². The first-order valence-electron chi connectivity index (χ1n) is 7.66. The standard InChI is InChI=1S/C17H14F3N5/c1-12-11-16(24-10-7-15-21-8-4-9-23(15)24)25(22-12)14-6-3-2-5-13(14)17(18,19)20/h2-9,11H,10H2,1H3. The number of hydrogen-bond acceptors (Lipinski definition) is 4. The highest BCUT2D eigenvalue weighted by Gasteiger charge is 2.35. The van der Waals surface area contributed by atoms with E-state index in [0.29, 0.717) is 18.1 Å². The molecule has 1 aromatic carbocycles. The number of para-hydroxylation sites is 1. The van der Waals surface area contributed by atoms with Crippen LogP contribution in [0.3, 0.4) is 0 Å². The van der Waals surface area contributed by atoms with Crippen LogP contribution in [-0.4, -0.2) is 27.5 Å². The first kappa shape index (κ1) is 15.5. The number of fused-ring (bicyclic) bond motifs is 1. The van der Waals surface area contributed by atoms with Gasteiger partial charge in [0, 0.05) is 18.5 Å². The van der Waals surface area contributed by atoms with Crippen molar-refractivity contribution in [1.29, 1.82) is 0 Å². The normalized spacial score (nSPS) is 16.4. The maximum absolute atomic E-state index is 13.4. The number of alkyl halides is 3. The Labute approximate surface area is 142 Å². The highest BCUT2D eigenvalue weighted by molar-refractivity contribution is 5.74. The number of aromatic nitrogens is 2. The molecule has 0 N–H and O–H groups in total. The highest BCUT2D eigenvalue weighted by Crippen LogP contribution is 2.36. The zero-order valence-corrected chi connectivity index (χ0v) is 13.3. The molecule has 0 saturated heterocycles. The fraction of sp³-hybridized carbons (Fsp3) is 0.176. The lowest BCUT2D eigenvalue weighted by molar-refractivity contribution is -0.137. The topological polar surface area (TPSA) is 36.7 Å². The van der Waals surface area contributed by atoms with E-state index in [1.54, 1.807) is 36.4 Å². The molecular formula is C17H14F3N5. The van der Waals surface area contributed by atoms with Crippen molar-refractivity contribution in [2.45, 2.75) is 13.1 Å². The van der Waals surface area contributed by atoms with E-state index < -0.39 is 11.7 Å². The monoisotopic (exact) mass is 345 g/mol. The number of rotatable bonds is 2. The van der Waals surface area contributed by atoms with E-state index in [1.807, 2.05) is 17.3 Å². The molecule has 3 heterocycles. The number of benzene rings is 1. The Balaban J connectivity index is 1.82. The van der Waals surface area contributed by atoms with Crippen LogP contribution >= 0.6 is 0 Å². The lowest BCUT2D eigenvalue weighted by Crippen LogP contribution is -2.35. The number of hydrogen-bond donors (Lipinski definition) is 0. The second kappa shape index (κ2) is 5.51. The molecule has 5 nitrogen and oxygen atoms in total. The number of hydrazine groups is 1. The average Bonchev–Trinajstić information content (AvgIpc) is 3.17. The summed E-state index contributed by atoms with van der Waals surface area (Å²) in [7, 11) is 0. The summed E-state index contributed by atoms with van der Waals surface area (Å²) in [6, 6.07) is 7.20. The van der Waals surface area contributed by atoms with Crippen LogP contribution in [0.2, 0.25) is 0 Å². The Kier molecular flexibility index (Phi) is 3.41. The molecule has 0 unspecified atom stereocenters. The Bertz CT molecular complexity index is 907. The third-order valence-corrected chi connectivity index (χ3v) is 3.98. The van der Waals surface area contributed by atoms with Gasteiger partial charge in [0.2, 0.25) is 0 Å². The van der Waals surface area contributed by atoms with E-state index in [1.165, 1.54) is 16.8 Å². The van der Waals surface area contributed by atoms with E-state index in [-0.39, 0.29) is 5.69 Å². The highest BCUT2D eigenvalue weighted by atomic mass is 19.4. The number of aliphatic imine (C=N–C) groups is 1. The fourth-order valence-corrected chi connectivity index (χ4v) is 2.93. The predicted molar refractivity (Wildman–Crippen MR) is 88.2 cm³/mol. The van der Waals surface area contributed by atoms with Crippen LogP contribution < -0.4 is 5.01 Å². The molecule has 0 spiro atoms. The van der Waals surface area contributed by atoms with Gasteiger partial charge in [-0.15, -0.1) is 0 Å². The van der Waals surface area contributed by atoms with E-state index in [9.17, 15) is 13.2 Å². The molecular weight excluding hydrogens is 331 g/mol. The Morgan fingerprint density at radius 1 is 1.16 bits per heavy atom. The van der Waals surface area contributed by atoms with E-state index in [0.717, 1.165) is 11.9 Å². The smallest absolute Gasteiger partial charge is 0.258 e. The number of halogens is 3. The third-order valence-electron chi connectivity index (χ3n) is 3.98. The summed E-state index contributed by atoms with van der Waals surface area (Å²) in [6.07, 6.45) is 2.70. The Morgan fingerprint density at radius 3 is 2.76 bits per heavy atom. The first-order chi connectivity index (χ1) is 11.9. The second-order valence-electron chi connectivity index (χ2n) is 5.68. The van der Waals surface area contributed by atoms with Crippen molar-refractivity contribution in [3.05, 3.63) is 65.8 Å². The molecule has 128 valence electrons. The van der Waals surface area contributed by atoms with Crippen LogP contribution in [0.25, 0.3) is 5.69 Å². The van der Waals surface area contributed by atoms with Gasteiger partial charge < -0.3 is 0 Å². The van der Waals surface area contributed by atoms with Gasteiger partial charge in [-0.05, 0) is 31.2 Å². The molecule has 1 aromatic heterocycles. The number of aryl methyl sites for hydroxylation is 1. The van der Waals surface area contributed by atoms with Crippen molar-refractivity contribution in [3.8, 4) is 5.69 Å². The molecule has 8 heteroatoms. The van der Waals surface area contributed by atoms with Gasteiger partial charge in [0.05, 0.1) is 23.5 Å². The maximum atomic E-state index is 13.4.